The van der Waals surface area contributed by atoms with Crippen molar-refractivity contribution in [3.8, 4) is 11.5 Å². The zero-order chi connectivity index (χ0) is 11.4. The number of hydrogen-bond donors (Lipinski definition) is 2. The van der Waals surface area contributed by atoms with Gasteiger partial charge in [0, 0.05) is 24.4 Å². The Morgan fingerprint density at radius 2 is 1.50 bits per heavy atom. The summed E-state index contributed by atoms with van der Waals surface area (Å²) in [5.41, 5.74) is 1.48. The van der Waals surface area contributed by atoms with Crippen LogP contribution in [-0.4, -0.2) is 16.4 Å². The zero-order valence-corrected chi connectivity index (χ0v) is 8.54. The fourth-order valence-corrected chi connectivity index (χ4v) is 1.34. The Labute approximate surface area is 93.3 Å². The van der Waals surface area contributed by atoms with E-state index in [-0.39, 0.29) is 11.5 Å². The standard InChI is InChI=1S/C13H11NO2/c15-12-6-11(7-13(16)8-12)14-9-10-4-2-1-3-5-10/h1-9,15-16H/b14-9+. The molecule has 0 heterocycles. The fourth-order valence-electron chi connectivity index (χ4n) is 1.34. The highest BCUT2D eigenvalue weighted by molar-refractivity contribution is 5.82. The molecule has 0 bridgehead atoms. The lowest BCUT2D eigenvalue weighted by molar-refractivity contribution is 0.451. The first kappa shape index (κ1) is 10.2. The molecule has 80 valence electrons. The Morgan fingerprint density at radius 3 is 2.12 bits per heavy atom. The SMILES string of the molecule is Oc1cc(O)cc(/N=C/c2ccccc2)c1. The molecule has 0 fully saturated rings. The highest BCUT2D eigenvalue weighted by Gasteiger charge is 1.96. The summed E-state index contributed by atoms with van der Waals surface area (Å²) in [4.78, 5) is 4.15. The topological polar surface area (TPSA) is 52.8 Å². The second-order valence-corrected chi connectivity index (χ2v) is 3.38. The first-order valence-corrected chi connectivity index (χ1v) is 4.86. The van der Waals surface area contributed by atoms with Crippen LogP contribution in [0.1, 0.15) is 5.56 Å². The van der Waals surface area contributed by atoms with Crippen molar-refractivity contribution in [3.63, 3.8) is 0 Å². The van der Waals surface area contributed by atoms with E-state index in [1.807, 2.05) is 30.3 Å². The van der Waals surface area contributed by atoms with Crippen molar-refractivity contribution >= 4 is 11.9 Å². The summed E-state index contributed by atoms with van der Waals surface area (Å²) in [5.74, 6) is 0.000392. The van der Waals surface area contributed by atoms with Gasteiger partial charge in [0.25, 0.3) is 0 Å². The summed E-state index contributed by atoms with van der Waals surface area (Å²) < 4.78 is 0. The molecule has 3 nitrogen and oxygen atoms in total. The van der Waals surface area contributed by atoms with E-state index in [0.717, 1.165) is 5.56 Å². The van der Waals surface area contributed by atoms with E-state index in [1.165, 1.54) is 18.2 Å². The highest BCUT2D eigenvalue weighted by atomic mass is 16.3. The van der Waals surface area contributed by atoms with Crippen LogP contribution in [0.25, 0.3) is 0 Å². The number of benzene rings is 2. The molecular weight excluding hydrogens is 202 g/mol. The van der Waals surface area contributed by atoms with Gasteiger partial charge in [-0.3, -0.25) is 4.99 Å². The lowest BCUT2D eigenvalue weighted by Crippen LogP contribution is -1.77. The minimum atomic E-state index is 0.000196. The monoisotopic (exact) mass is 213 g/mol. The molecule has 2 aromatic carbocycles. The Hall–Kier alpha value is -2.29. The smallest absolute Gasteiger partial charge is 0.121 e. The van der Waals surface area contributed by atoms with E-state index < -0.39 is 0 Å². The molecule has 2 aromatic rings. The first-order valence-electron chi connectivity index (χ1n) is 4.86. The van der Waals surface area contributed by atoms with Crippen LogP contribution in [0, 0.1) is 0 Å². The van der Waals surface area contributed by atoms with Crippen molar-refractivity contribution in [1.82, 2.24) is 0 Å². The van der Waals surface area contributed by atoms with E-state index in [2.05, 4.69) is 4.99 Å². The summed E-state index contributed by atoms with van der Waals surface area (Å²) in [6, 6.07) is 13.8. The van der Waals surface area contributed by atoms with E-state index in [4.69, 9.17) is 0 Å². The van der Waals surface area contributed by atoms with E-state index in [1.54, 1.807) is 6.21 Å². The van der Waals surface area contributed by atoms with Crippen LogP contribution in [-0.2, 0) is 0 Å². The van der Waals surface area contributed by atoms with Crippen LogP contribution in [0.15, 0.2) is 53.5 Å². The molecule has 0 spiro atoms. The van der Waals surface area contributed by atoms with Crippen LogP contribution in [0.5, 0.6) is 11.5 Å². The molecule has 0 aliphatic rings. The van der Waals surface area contributed by atoms with Crippen LogP contribution in [0.4, 0.5) is 5.69 Å². The molecule has 0 saturated carbocycles. The zero-order valence-electron chi connectivity index (χ0n) is 8.54. The molecule has 16 heavy (non-hydrogen) atoms. The molecule has 0 saturated heterocycles. The largest absolute Gasteiger partial charge is 0.508 e. The number of nitrogens with zero attached hydrogens (tertiary/aromatic N) is 1. The van der Waals surface area contributed by atoms with Gasteiger partial charge in [0.15, 0.2) is 0 Å². The molecule has 0 aromatic heterocycles. The molecule has 2 rings (SSSR count). The van der Waals surface area contributed by atoms with Gasteiger partial charge in [0.05, 0.1) is 5.69 Å². The number of aromatic hydroxyl groups is 2. The number of phenolic OH excluding ortho intramolecular Hbond substituents is 2. The van der Waals surface area contributed by atoms with Gasteiger partial charge in [-0.25, -0.2) is 0 Å². The minimum Gasteiger partial charge on any atom is -0.508 e. The van der Waals surface area contributed by atoms with Crippen LogP contribution < -0.4 is 0 Å². The normalized spacial score (nSPS) is 10.8. The van der Waals surface area contributed by atoms with Crippen LogP contribution >= 0.6 is 0 Å². The summed E-state index contributed by atoms with van der Waals surface area (Å²) in [7, 11) is 0. The first-order chi connectivity index (χ1) is 7.74. The molecule has 0 aliphatic heterocycles. The second-order valence-electron chi connectivity index (χ2n) is 3.38. The van der Waals surface area contributed by atoms with Gasteiger partial charge in [-0.2, -0.15) is 0 Å². The fraction of sp³-hybridized carbons (Fsp3) is 0. The molecule has 0 amide bonds. The van der Waals surface area contributed by atoms with Crippen molar-refractivity contribution in [3.05, 3.63) is 54.1 Å². The lowest BCUT2D eigenvalue weighted by atomic mass is 10.2. The third-order valence-electron chi connectivity index (χ3n) is 2.05. The maximum atomic E-state index is 9.26. The molecule has 3 heteroatoms. The molecular formula is C13H11NO2. The van der Waals surface area contributed by atoms with Gasteiger partial charge in [-0.1, -0.05) is 30.3 Å². The van der Waals surface area contributed by atoms with Gasteiger partial charge in [-0.15, -0.1) is 0 Å². The van der Waals surface area contributed by atoms with Crippen molar-refractivity contribution in [2.45, 2.75) is 0 Å². The molecule has 0 radical (unpaired) electrons. The summed E-state index contributed by atoms with van der Waals surface area (Å²) in [6.07, 6.45) is 1.67. The molecule has 0 unspecified atom stereocenters. The number of hydrogen-bond acceptors (Lipinski definition) is 3. The number of aliphatic imine (C=N–C) groups is 1. The average molecular weight is 213 g/mol. The predicted molar refractivity (Wildman–Crippen MR) is 63.5 cm³/mol. The third-order valence-corrected chi connectivity index (χ3v) is 2.05. The molecule has 0 atom stereocenters. The summed E-state index contributed by atoms with van der Waals surface area (Å²) in [5, 5.41) is 18.5. The van der Waals surface area contributed by atoms with Crippen molar-refractivity contribution in [1.29, 1.82) is 0 Å². The van der Waals surface area contributed by atoms with E-state index in [9.17, 15) is 10.2 Å². The van der Waals surface area contributed by atoms with Gasteiger partial charge in [-0.05, 0) is 5.56 Å². The average Bonchev–Trinajstić information content (AvgIpc) is 2.27. The summed E-state index contributed by atoms with van der Waals surface area (Å²) >= 11 is 0. The second kappa shape index (κ2) is 4.49. The van der Waals surface area contributed by atoms with Crippen molar-refractivity contribution in [2.24, 2.45) is 4.99 Å². The van der Waals surface area contributed by atoms with Crippen LogP contribution in [0.2, 0.25) is 0 Å². The van der Waals surface area contributed by atoms with Gasteiger partial charge >= 0.3 is 0 Å². The Morgan fingerprint density at radius 1 is 0.875 bits per heavy atom. The van der Waals surface area contributed by atoms with E-state index in [0.29, 0.717) is 5.69 Å². The number of phenols is 2. The third kappa shape index (κ3) is 2.60. The predicted octanol–water partition coefficient (Wildman–Crippen LogP) is 2.85. The number of rotatable bonds is 2. The molecule has 0 aliphatic carbocycles. The van der Waals surface area contributed by atoms with Crippen molar-refractivity contribution in [2.75, 3.05) is 0 Å². The van der Waals surface area contributed by atoms with Crippen LogP contribution in [0.3, 0.4) is 0 Å². The Kier molecular flexibility index (Phi) is 2.87. The maximum Gasteiger partial charge on any atom is 0.121 e. The lowest BCUT2D eigenvalue weighted by Gasteiger charge is -1.97. The maximum absolute atomic E-state index is 9.26. The molecule has 2 N–H and O–H groups in total. The van der Waals surface area contributed by atoms with E-state index >= 15 is 0 Å². The highest BCUT2D eigenvalue weighted by Crippen LogP contribution is 2.25. The van der Waals surface area contributed by atoms with Crippen molar-refractivity contribution < 1.29 is 10.2 Å². The summed E-state index contributed by atoms with van der Waals surface area (Å²) in [6.45, 7) is 0. The minimum absolute atomic E-state index is 0.000196. The quantitative estimate of drug-likeness (QED) is 0.753. The van der Waals surface area contributed by atoms with Gasteiger partial charge < -0.3 is 10.2 Å². The Balaban J connectivity index is 2.24. The Bertz CT molecular complexity index is 486. The van der Waals surface area contributed by atoms with Gasteiger partial charge in [0.2, 0.25) is 0 Å². The van der Waals surface area contributed by atoms with Gasteiger partial charge in [0.1, 0.15) is 11.5 Å².